The maximum absolute atomic E-state index is 12.4. The number of ether oxygens (including phenoxy) is 1. The predicted molar refractivity (Wildman–Crippen MR) is 32.5 cm³/mol. The predicted octanol–water partition coefficient (Wildman–Crippen LogP) is 1.96. The van der Waals surface area contributed by atoms with Crippen molar-refractivity contribution < 1.29 is 31.8 Å². The Hall–Kier alpha value is -1.60. The Labute approximate surface area is 73.8 Å². The molecule has 0 amide bonds. The van der Waals surface area contributed by atoms with Gasteiger partial charge >= 0.3 is 6.36 Å². The molecule has 1 rings (SSSR count). The lowest BCUT2D eigenvalue weighted by atomic mass is 10.4. The largest absolute Gasteiger partial charge is 0.573 e. The van der Waals surface area contributed by atoms with Crippen LogP contribution in [0.2, 0.25) is 0 Å². The van der Waals surface area contributed by atoms with Crippen molar-refractivity contribution in [2.24, 2.45) is 0 Å². The van der Waals surface area contributed by atoms with Crippen LogP contribution in [0.25, 0.3) is 0 Å². The second-order valence-corrected chi connectivity index (χ2v) is 2.13. The van der Waals surface area contributed by atoms with E-state index in [9.17, 15) is 22.0 Å². The molecule has 14 heavy (non-hydrogen) atoms. The van der Waals surface area contributed by atoms with E-state index in [4.69, 9.17) is 5.11 Å². The first kappa shape index (κ1) is 10.5. The smallest absolute Gasteiger partial charge is 0.501 e. The Morgan fingerprint density at radius 3 is 2.36 bits per heavy atom. The van der Waals surface area contributed by atoms with Gasteiger partial charge in [-0.1, -0.05) is 0 Å². The molecule has 0 bridgehead atoms. The van der Waals surface area contributed by atoms with Gasteiger partial charge in [-0.3, -0.25) is 0 Å². The van der Waals surface area contributed by atoms with Gasteiger partial charge in [0.1, 0.15) is 0 Å². The number of halogens is 5. The van der Waals surface area contributed by atoms with Crippen molar-refractivity contribution in [3.63, 3.8) is 0 Å². The van der Waals surface area contributed by atoms with Gasteiger partial charge in [0.05, 0.1) is 0 Å². The summed E-state index contributed by atoms with van der Waals surface area (Å²) in [4.78, 5) is 2.43. The van der Waals surface area contributed by atoms with Crippen LogP contribution in [0.1, 0.15) is 0 Å². The SMILES string of the molecule is Oc1c(OC(F)(F)F)cc(F)nc1F. The van der Waals surface area contributed by atoms with E-state index in [1.165, 1.54) is 0 Å². The third kappa shape index (κ3) is 2.44. The van der Waals surface area contributed by atoms with Crippen LogP contribution in [-0.2, 0) is 0 Å². The van der Waals surface area contributed by atoms with Gasteiger partial charge in [-0.25, -0.2) is 0 Å². The second kappa shape index (κ2) is 3.28. The fraction of sp³-hybridized carbons (Fsp3) is 0.167. The third-order valence-electron chi connectivity index (χ3n) is 1.11. The van der Waals surface area contributed by atoms with E-state index in [1.54, 1.807) is 0 Å². The fourth-order valence-corrected chi connectivity index (χ4v) is 0.660. The third-order valence-corrected chi connectivity index (χ3v) is 1.11. The summed E-state index contributed by atoms with van der Waals surface area (Å²) in [6.45, 7) is 0. The second-order valence-electron chi connectivity index (χ2n) is 2.13. The first-order valence-electron chi connectivity index (χ1n) is 3.10. The number of pyridine rings is 1. The average molecular weight is 215 g/mol. The van der Waals surface area contributed by atoms with Crippen molar-refractivity contribution in [1.29, 1.82) is 0 Å². The highest BCUT2D eigenvalue weighted by Gasteiger charge is 2.33. The summed E-state index contributed by atoms with van der Waals surface area (Å²) in [5, 5.41) is 8.66. The molecule has 1 aromatic rings. The molecule has 0 atom stereocenters. The molecule has 1 N–H and O–H groups in total. The van der Waals surface area contributed by atoms with E-state index >= 15 is 0 Å². The number of alkyl halides is 3. The van der Waals surface area contributed by atoms with E-state index in [0.29, 0.717) is 0 Å². The molecular weight excluding hydrogens is 213 g/mol. The Morgan fingerprint density at radius 2 is 1.86 bits per heavy atom. The van der Waals surface area contributed by atoms with Gasteiger partial charge < -0.3 is 9.84 Å². The average Bonchev–Trinajstić information content (AvgIpc) is 1.96. The molecule has 78 valence electrons. The maximum Gasteiger partial charge on any atom is 0.573 e. The topological polar surface area (TPSA) is 42.4 Å². The number of hydrogen-bond donors (Lipinski definition) is 1. The van der Waals surface area contributed by atoms with Gasteiger partial charge in [-0.15, -0.1) is 13.2 Å². The summed E-state index contributed by atoms with van der Waals surface area (Å²) < 4.78 is 62.5. The van der Waals surface area contributed by atoms with Crippen LogP contribution in [0.5, 0.6) is 11.5 Å². The molecule has 0 fully saturated rings. The quantitative estimate of drug-likeness (QED) is 0.575. The molecule has 1 aromatic heterocycles. The zero-order chi connectivity index (χ0) is 10.9. The standard InChI is InChI=1S/C6H2F5NO2/c7-3-1-2(14-6(9,10)11)4(13)5(8)12-3/h1,13H. The van der Waals surface area contributed by atoms with Gasteiger partial charge in [-0.05, 0) is 0 Å². The van der Waals surface area contributed by atoms with Crippen molar-refractivity contribution in [3.8, 4) is 11.5 Å². The van der Waals surface area contributed by atoms with Crippen LogP contribution in [0.3, 0.4) is 0 Å². The Kier molecular flexibility index (Phi) is 2.45. The Bertz CT molecular complexity index is 351. The van der Waals surface area contributed by atoms with Crippen LogP contribution in [0, 0.1) is 11.9 Å². The highest BCUT2D eigenvalue weighted by molar-refractivity contribution is 5.36. The summed E-state index contributed by atoms with van der Waals surface area (Å²) in [5.41, 5.74) is 0. The van der Waals surface area contributed by atoms with Crippen molar-refractivity contribution in [2.45, 2.75) is 6.36 Å². The zero-order valence-corrected chi connectivity index (χ0v) is 6.27. The van der Waals surface area contributed by atoms with E-state index in [0.717, 1.165) is 0 Å². The summed E-state index contributed by atoms with van der Waals surface area (Å²) in [7, 11) is 0. The van der Waals surface area contributed by atoms with Crippen LogP contribution in [0.15, 0.2) is 6.07 Å². The monoisotopic (exact) mass is 215 g/mol. The number of nitrogens with zero attached hydrogens (tertiary/aromatic N) is 1. The molecule has 0 radical (unpaired) electrons. The van der Waals surface area contributed by atoms with Gasteiger partial charge in [0.15, 0.2) is 5.75 Å². The number of rotatable bonds is 1. The lowest BCUT2D eigenvalue weighted by Gasteiger charge is -2.09. The van der Waals surface area contributed by atoms with Crippen LogP contribution in [0.4, 0.5) is 22.0 Å². The van der Waals surface area contributed by atoms with Crippen LogP contribution in [-0.4, -0.2) is 16.5 Å². The highest BCUT2D eigenvalue weighted by atomic mass is 19.4. The lowest BCUT2D eigenvalue weighted by Crippen LogP contribution is -2.17. The van der Waals surface area contributed by atoms with Crippen molar-refractivity contribution in [3.05, 3.63) is 18.0 Å². The molecule has 3 nitrogen and oxygen atoms in total. The number of aromatic nitrogens is 1. The van der Waals surface area contributed by atoms with E-state index in [-0.39, 0.29) is 6.07 Å². The van der Waals surface area contributed by atoms with Crippen molar-refractivity contribution in [1.82, 2.24) is 4.98 Å². The molecule has 0 aromatic carbocycles. The molecule has 0 spiro atoms. The number of hydrogen-bond acceptors (Lipinski definition) is 3. The van der Waals surface area contributed by atoms with Gasteiger partial charge in [0, 0.05) is 6.07 Å². The van der Waals surface area contributed by atoms with Crippen LogP contribution >= 0.6 is 0 Å². The van der Waals surface area contributed by atoms with E-state index in [2.05, 4.69) is 9.72 Å². The van der Waals surface area contributed by atoms with Gasteiger partial charge in [-0.2, -0.15) is 13.8 Å². The maximum atomic E-state index is 12.4. The minimum atomic E-state index is -5.14. The molecule has 8 heteroatoms. The van der Waals surface area contributed by atoms with E-state index in [1.807, 2.05) is 0 Å². The highest BCUT2D eigenvalue weighted by Crippen LogP contribution is 2.32. The molecule has 0 aliphatic carbocycles. The lowest BCUT2D eigenvalue weighted by molar-refractivity contribution is -0.275. The normalized spacial score (nSPS) is 11.5. The summed E-state index contributed by atoms with van der Waals surface area (Å²) >= 11 is 0. The zero-order valence-electron chi connectivity index (χ0n) is 6.27. The minimum absolute atomic E-state index is 0.117. The molecule has 0 aliphatic heterocycles. The fourth-order valence-electron chi connectivity index (χ4n) is 0.660. The molecule has 1 heterocycles. The summed E-state index contributed by atoms with van der Waals surface area (Å²) in [6, 6.07) is 0.117. The molecular formula is C6H2F5NO2. The summed E-state index contributed by atoms with van der Waals surface area (Å²) in [6.07, 6.45) is -5.14. The van der Waals surface area contributed by atoms with E-state index < -0.39 is 29.8 Å². The van der Waals surface area contributed by atoms with Crippen molar-refractivity contribution >= 4 is 0 Å². The van der Waals surface area contributed by atoms with Crippen LogP contribution < -0.4 is 4.74 Å². The van der Waals surface area contributed by atoms with Gasteiger partial charge in [0.25, 0.3) is 5.95 Å². The molecule has 0 saturated heterocycles. The van der Waals surface area contributed by atoms with Gasteiger partial charge in [0.2, 0.25) is 11.7 Å². The Morgan fingerprint density at radius 1 is 1.29 bits per heavy atom. The molecule has 0 unspecified atom stereocenters. The number of aromatic hydroxyl groups is 1. The molecule has 0 saturated carbocycles. The molecule has 0 aliphatic rings. The Balaban J connectivity index is 3.09. The first-order chi connectivity index (χ1) is 6.29. The van der Waals surface area contributed by atoms with Crippen molar-refractivity contribution in [2.75, 3.05) is 0 Å². The summed E-state index contributed by atoms with van der Waals surface area (Å²) in [5.74, 6) is -6.17. The first-order valence-corrected chi connectivity index (χ1v) is 3.10. The minimum Gasteiger partial charge on any atom is -0.501 e.